The van der Waals surface area contributed by atoms with E-state index in [9.17, 15) is 13.5 Å². The Morgan fingerprint density at radius 1 is 1.38 bits per heavy atom. The van der Waals surface area contributed by atoms with E-state index in [-0.39, 0.29) is 4.90 Å². The zero-order chi connectivity index (χ0) is 15.5. The maximum Gasteiger partial charge on any atom is 0.241 e. The lowest BCUT2D eigenvalue weighted by Gasteiger charge is -2.14. The van der Waals surface area contributed by atoms with Crippen LogP contribution in [0.1, 0.15) is 43.5 Å². The summed E-state index contributed by atoms with van der Waals surface area (Å²) in [6.45, 7) is 3.58. The zero-order valence-electron chi connectivity index (χ0n) is 11.9. The number of H-pyrrole nitrogens is 1. The molecule has 114 valence electrons. The van der Waals surface area contributed by atoms with E-state index in [0.717, 1.165) is 5.56 Å². The Kier molecular flexibility index (Phi) is 4.76. The highest BCUT2D eigenvalue weighted by Crippen LogP contribution is 2.21. The van der Waals surface area contributed by atoms with Gasteiger partial charge >= 0.3 is 0 Å². The van der Waals surface area contributed by atoms with Crippen LogP contribution in [0, 0.1) is 0 Å². The van der Waals surface area contributed by atoms with Gasteiger partial charge in [0.1, 0.15) is 0 Å². The molecule has 0 radical (unpaired) electrons. The third kappa shape index (κ3) is 3.69. The summed E-state index contributed by atoms with van der Waals surface area (Å²) in [4.78, 5) is 0.142. The molecule has 0 spiro atoms. The van der Waals surface area contributed by atoms with Crippen LogP contribution in [0.4, 0.5) is 0 Å². The van der Waals surface area contributed by atoms with Crippen molar-refractivity contribution in [3.05, 3.63) is 47.8 Å². The van der Waals surface area contributed by atoms with Gasteiger partial charge in [0.05, 0.1) is 17.2 Å². The Morgan fingerprint density at radius 3 is 2.76 bits per heavy atom. The molecule has 2 aromatic rings. The van der Waals surface area contributed by atoms with Crippen LogP contribution in [-0.4, -0.2) is 23.7 Å². The van der Waals surface area contributed by atoms with Crippen LogP contribution in [0.3, 0.4) is 0 Å². The summed E-state index contributed by atoms with van der Waals surface area (Å²) in [5.41, 5.74) is 1.35. The average molecular weight is 309 g/mol. The second-order valence-electron chi connectivity index (χ2n) is 4.87. The van der Waals surface area contributed by atoms with Crippen LogP contribution < -0.4 is 4.72 Å². The van der Waals surface area contributed by atoms with Crippen LogP contribution in [0.15, 0.2) is 41.6 Å². The number of hydrogen-bond donors (Lipinski definition) is 3. The van der Waals surface area contributed by atoms with Crippen molar-refractivity contribution in [3.8, 4) is 0 Å². The first-order chi connectivity index (χ1) is 9.94. The summed E-state index contributed by atoms with van der Waals surface area (Å²) in [7, 11) is -3.65. The van der Waals surface area contributed by atoms with Crippen molar-refractivity contribution in [2.24, 2.45) is 0 Å². The first-order valence-electron chi connectivity index (χ1n) is 6.73. The Balaban J connectivity index is 2.23. The highest BCUT2D eigenvalue weighted by Gasteiger charge is 2.20. The van der Waals surface area contributed by atoms with Crippen molar-refractivity contribution in [3.63, 3.8) is 0 Å². The van der Waals surface area contributed by atoms with Gasteiger partial charge in [-0.1, -0.05) is 19.1 Å². The summed E-state index contributed by atoms with van der Waals surface area (Å²) in [6, 6.07) is 5.96. The van der Waals surface area contributed by atoms with Crippen molar-refractivity contribution in [1.82, 2.24) is 14.9 Å². The first-order valence-corrected chi connectivity index (χ1v) is 8.21. The molecule has 21 heavy (non-hydrogen) atoms. The first kappa shape index (κ1) is 15.7. The molecule has 0 aliphatic heterocycles. The fraction of sp³-hybridized carbons (Fsp3) is 0.357. The van der Waals surface area contributed by atoms with E-state index in [1.807, 2.05) is 6.92 Å². The standard InChI is InChI=1S/C14H19N3O3S/c1-3-14(18)11-5-4-6-13(7-11)21(19,20)17-10(2)12-8-15-16-9-12/h4-10,14,17-18H,3H2,1-2H3,(H,15,16). The maximum absolute atomic E-state index is 12.4. The van der Waals surface area contributed by atoms with Gasteiger partial charge in [0, 0.05) is 17.8 Å². The monoisotopic (exact) mass is 309 g/mol. The number of benzene rings is 1. The van der Waals surface area contributed by atoms with Gasteiger partial charge in [-0.3, -0.25) is 5.10 Å². The highest BCUT2D eigenvalue weighted by atomic mass is 32.2. The number of rotatable bonds is 6. The number of sulfonamides is 1. The summed E-state index contributed by atoms with van der Waals surface area (Å²) in [5.74, 6) is 0. The fourth-order valence-corrected chi connectivity index (χ4v) is 3.28. The molecule has 0 saturated carbocycles. The molecule has 7 heteroatoms. The van der Waals surface area contributed by atoms with E-state index in [1.165, 1.54) is 12.1 Å². The summed E-state index contributed by atoms with van der Waals surface area (Å²) in [5, 5.41) is 16.3. The van der Waals surface area contributed by atoms with Crippen LogP contribution in [-0.2, 0) is 10.0 Å². The zero-order valence-corrected chi connectivity index (χ0v) is 12.8. The Labute approximate surface area is 124 Å². The van der Waals surface area contributed by atoms with Gasteiger partial charge in [-0.15, -0.1) is 0 Å². The highest BCUT2D eigenvalue weighted by molar-refractivity contribution is 7.89. The maximum atomic E-state index is 12.4. The molecule has 0 aliphatic carbocycles. The molecule has 0 fully saturated rings. The minimum Gasteiger partial charge on any atom is -0.388 e. The Bertz CT molecular complexity index is 683. The van der Waals surface area contributed by atoms with Crippen LogP contribution >= 0.6 is 0 Å². The summed E-state index contributed by atoms with van der Waals surface area (Å²) in [6.07, 6.45) is 3.09. The molecular formula is C14H19N3O3S. The minimum absolute atomic E-state index is 0.142. The molecule has 2 atom stereocenters. The van der Waals surface area contributed by atoms with Crippen molar-refractivity contribution in [2.45, 2.75) is 37.3 Å². The third-order valence-electron chi connectivity index (χ3n) is 3.29. The van der Waals surface area contributed by atoms with E-state index in [1.54, 1.807) is 31.5 Å². The van der Waals surface area contributed by atoms with Gasteiger partial charge < -0.3 is 5.11 Å². The molecule has 1 aromatic carbocycles. The van der Waals surface area contributed by atoms with Gasteiger partial charge in [-0.2, -0.15) is 5.10 Å². The SMILES string of the molecule is CCC(O)c1cccc(S(=O)(=O)NC(C)c2cn[nH]c2)c1. The van der Waals surface area contributed by atoms with Crippen molar-refractivity contribution in [1.29, 1.82) is 0 Å². The molecule has 6 nitrogen and oxygen atoms in total. The van der Waals surface area contributed by atoms with Gasteiger partial charge in [-0.25, -0.2) is 13.1 Å². The lowest BCUT2D eigenvalue weighted by atomic mass is 10.1. The number of aromatic nitrogens is 2. The Hall–Kier alpha value is -1.70. The second kappa shape index (κ2) is 6.38. The topological polar surface area (TPSA) is 95.1 Å². The molecule has 2 unspecified atom stereocenters. The number of nitrogens with zero attached hydrogens (tertiary/aromatic N) is 1. The van der Waals surface area contributed by atoms with Crippen LogP contribution in [0.5, 0.6) is 0 Å². The number of hydrogen-bond acceptors (Lipinski definition) is 4. The molecule has 0 amide bonds. The van der Waals surface area contributed by atoms with E-state index in [2.05, 4.69) is 14.9 Å². The quantitative estimate of drug-likeness (QED) is 0.759. The van der Waals surface area contributed by atoms with Crippen LogP contribution in [0.25, 0.3) is 0 Å². The third-order valence-corrected chi connectivity index (χ3v) is 4.83. The van der Waals surface area contributed by atoms with Crippen LogP contribution in [0.2, 0.25) is 0 Å². The normalized spacial score (nSPS) is 14.8. The molecule has 1 aromatic heterocycles. The number of aromatic amines is 1. The second-order valence-corrected chi connectivity index (χ2v) is 6.59. The lowest BCUT2D eigenvalue weighted by Crippen LogP contribution is -2.26. The molecular weight excluding hydrogens is 290 g/mol. The largest absolute Gasteiger partial charge is 0.388 e. The number of aliphatic hydroxyl groups excluding tert-OH is 1. The summed E-state index contributed by atoms with van der Waals surface area (Å²) < 4.78 is 27.3. The van der Waals surface area contributed by atoms with Gasteiger partial charge in [-0.05, 0) is 31.0 Å². The minimum atomic E-state index is -3.65. The fourth-order valence-electron chi connectivity index (χ4n) is 1.99. The molecule has 0 aliphatic rings. The molecule has 2 rings (SSSR count). The van der Waals surface area contributed by atoms with Gasteiger partial charge in [0.2, 0.25) is 10.0 Å². The lowest BCUT2D eigenvalue weighted by molar-refractivity contribution is 0.173. The predicted molar refractivity (Wildman–Crippen MR) is 79.0 cm³/mol. The molecule has 3 N–H and O–H groups in total. The number of nitrogens with one attached hydrogen (secondary N) is 2. The van der Waals surface area contributed by atoms with E-state index in [0.29, 0.717) is 12.0 Å². The molecule has 1 heterocycles. The van der Waals surface area contributed by atoms with E-state index >= 15 is 0 Å². The van der Waals surface area contributed by atoms with Crippen molar-refractivity contribution in [2.75, 3.05) is 0 Å². The van der Waals surface area contributed by atoms with E-state index < -0.39 is 22.2 Å². The van der Waals surface area contributed by atoms with Gasteiger partial charge in [0.25, 0.3) is 0 Å². The van der Waals surface area contributed by atoms with Crippen molar-refractivity contribution < 1.29 is 13.5 Å². The molecule has 0 saturated heterocycles. The van der Waals surface area contributed by atoms with Gasteiger partial charge in [0.15, 0.2) is 0 Å². The predicted octanol–water partition coefficient (Wildman–Crippen LogP) is 1.89. The smallest absolute Gasteiger partial charge is 0.241 e. The average Bonchev–Trinajstić information content (AvgIpc) is 3.00. The van der Waals surface area contributed by atoms with E-state index in [4.69, 9.17) is 0 Å². The number of aliphatic hydroxyl groups is 1. The van der Waals surface area contributed by atoms with Crippen molar-refractivity contribution >= 4 is 10.0 Å². The summed E-state index contributed by atoms with van der Waals surface area (Å²) >= 11 is 0. The molecule has 0 bridgehead atoms. The Morgan fingerprint density at radius 2 is 2.14 bits per heavy atom.